The Kier molecular flexibility index (Phi) is 5.36. The number of aromatic carboxylic acids is 1. The summed E-state index contributed by atoms with van der Waals surface area (Å²) in [6, 6.07) is 5.98. The Labute approximate surface area is 141 Å². The Hall–Kier alpha value is -2.25. The van der Waals surface area contributed by atoms with Gasteiger partial charge < -0.3 is 5.11 Å². The molecule has 0 bridgehead atoms. The minimum absolute atomic E-state index is 0.000978. The standard InChI is InChI=1S/C17H20N2O4S/c1-11(2)15-5-4-13(17(20)21)8-16(15)24(22,23)19-10-14-9-18-7-6-12(14)3/h4-9,11,19H,10H2,1-3H3,(H,20,21). The van der Waals surface area contributed by atoms with Crippen molar-refractivity contribution >= 4 is 16.0 Å². The highest BCUT2D eigenvalue weighted by molar-refractivity contribution is 7.89. The third kappa shape index (κ3) is 3.98. The normalized spacial score (nSPS) is 11.7. The zero-order chi connectivity index (χ0) is 17.9. The van der Waals surface area contributed by atoms with E-state index in [1.807, 2.05) is 20.8 Å². The van der Waals surface area contributed by atoms with Crippen molar-refractivity contribution in [3.05, 3.63) is 58.9 Å². The number of sulfonamides is 1. The number of aromatic nitrogens is 1. The van der Waals surface area contributed by atoms with Crippen molar-refractivity contribution in [3.63, 3.8) is 0 Å². The van der Waals surface area contributed by atoms with Crippen molar-refractivity contribution in [1.29, 1.82) is 0 Å². The summed E-state index contributed by atoms with van der Waals surface area (Å²) in [5.74, 6) is -1.22. The minimum Gasteiger partial charge on any atom is -0.478 e. The molecule has 6 nitrogen and oxygen atoms in total. The molecule has 2 aromatic rings. The molecule has 1 aromatic heterocycles. The molecule has 0 fully saturated rings. The predicted octanol–water partition coefficient (Wildman–Crippen LogP) is 2.69. The molecule has 2 rings (SSSR count). The third-order valence-electron chi connectivity index (χ3n) is 3.77. The zero-order valence-electron chi connectivity index (χ0n) is 13.8. The van der Waals surface area contributed by atoms with Crippen LogP contribution >= 0.6 is 0 Å². The van der Waals surface area contributed by atoms with Crippen molar-refractivity contribution in [1.82, 2.24) is 9.71 Å². The molecular weight excluding hydrogens is 328 g/mol. The first-order chi connectivity index (χ1) is 11.2. The zero-order valence-corrected chi connectivity index (χ0v) is 14.6. The summed E-state index contributed by atoms with van der Waals surface area (Å²) < 4.78 is 27.9. The number of hydrogen-bond donors (Lipinski definition) is 2. The molecular formula is C17H20N2O4S. The van der Waals surface area contributed by atoms with Gasteiger partial charge in [0.2, 0.25) is 10.0 Å². The Bertz CT molecular complexity index is 861. The molecule has 0 saturated heterocycles. The number of benzene rings is 1. The Morgan fingerprint density at radius 3 is 2.58 bits per heavy atom. The molecule has 0 unspecified atom stereocenters. The van der Waals surface area contributed by atoms with Gasteiger partial charge in [0.15, 0.2) is 0 Å². The molecule has 0 aliphatic rings. The topological polar surface area (TPSA) is 96.4 Å². The smallest absolute Gasteiger partial charge is 0.335 e. The van der Waals surface area contributed by atoms with Crippen LogP contribution in [0.4, 0.5) is 0 Å². The van der Waals surface area contributed by atoms with E-state index >= 15 is 0 Å². The number of carbonyl (C=O) groups is 1. The lowest BCUT2D eigenvalue weighted by Gasteiger charge is -2.15. The highest BCUT2D eigenvalue weighted by atomic mass is 32.2. The maximum absolute atomic E-state index is 12.7. The molecule has 0 saturated carbocycles. The molecule has 0 aliphatic carbocycles. The van der Waals surface area contributed by atoms with Crippen molar-refractivity contribution in [2.45, 2.75) is 38.1 Å². The van der Waals surface area contributed by atoms with E-state index in [-0.39, 0.29) is 22.9 Å². The number of pyridine rings is 1. The number of carboxylic acids is 1. The lowest BCUT2D eigenvalue weighted by atomic mass is 10.0. The first-order valence-electron chi connectivity index (χ1n) is 7.48. The second-order valence-corrected chi connectivity index (χ2v) is 7.57. The SMILES string of the molecule is Cc1ccncc1CNS(=O)(=O)c1cc(C(=O)O)ccc1C(C)C. The molecule has 0 amide bonds. The molecule has 2 N–H and O–H groups in total. The van der Waals surface area contributed by atoms with Gasteiger partial charge in [0.1, 0.15) is 0 Å². The first-order valence-corrected chi connectivity index (χ1v) is 8.97. The summed E-state index contributed by atoms with van der Waals surface area (Å²) in [5.41, 5.74) is 2.21. The number of nitrogens with zero attached hydrogens (tertiary/aromatic N) is 1. The fourth-order valence-electron chi connectivity index (χ4n) is 2.31. The third-order valence-corrected chi connectivity index (χ3v) is 5.23. The maximum atomic E-state index is 12.7. The number of nitrogens with one attached hydrogen (secondary N) is 1. The van der Waals surface area contributed by atoms with Crippen LogP contribution in [0, 0.1) is 6.92 Å². The van der Waals surface area contributed by atoms with Crippen LogP contribution in [0.2, 0.25) is 0 Å². The second-order valence-electron chi connectivity index (χ2n) is 5.84. The van der Waals surface area contributed by atoms with Gasteiger partial charge in [-0.2, -0.15) is 0 Å². The molecule has 1 heterocycles. The summed E-state index contributed by atoms with van der Waals surface area (Å²) in [4.78, 5) is 15.2. The molecule has 0 aliphatic heterocycles. The number of carboxylic acid groups (broad SMARTS) is 1. The largest absolute Gasteiger partial charge is 0.478 e. The van der Waals surface area contributed by atoms with Crippen LogP contribution in [-0.4, -0.2) is 24.5 Å². The fourth-order valence-corrected chi connectivity index (χ4v) is 3.71. The second kappa shape index (κ2) is 7.11. The van der Waals surface area contributed by atoms with E-state index in [9.17, 15) is 13.2 Å². The molecule has 1 aromatic carbocycles. The van der Waals surface area contributed by atoms with Crippen LogP contribution in [0.1, 0.15) is 46.8 Å². The number of aryl methyl sites for hydroxylation is 1. The van der Waals surface area contributed by atoms with Gasteiger partial charge in [0, 0.05) is 18.9 Å². The van der Waals surface area contributed by atoms with Crippen LogP contribution in [0.3, 0.4) is 0 Å². The monoisotopic (exact) mass is 348 g/mol. The van der Waals surface area contributed by atoms with Gasteiger partial charge >= 0.3 is 5.97 Å². The van der Waals surface area contributed by atoms with Gasteiger partial charge in [-0.05, 0) is 47.7 Å². The summed E-state index contributed by atoms with van der Waals surface area (Å²) in [7, 11) is -3.85. The summed E-state index contributed by atoms with van der Waals surface area (Å²) in [6.45, 7) is 5.69. The van der Waals surface area contributed by atoms with Crippen LogP contribution in [0.15, 0.2) is 41.6 Å². The molecule has 24 heavy (non-hydrogen) atoms. The molecule has 0 spiro atoms. The van der Waals surface area contributed by atoms with Crippen molar-refractivity contribution < 1.29 is 18.3 Å². The van der Waals surface area contributed by atoms with E-state index in [2.05, 4.69) is 9.71 Å². The van der Waals surface area contributed by atoms with Crippen LogP contribution in [0.5, 0.6) is 0 Å². The lowest BCUT2D eigenvalue weighted by Crippen LogP contribution is -2.25. The maximum Gasteiger partial charge on any atom is 0.335 e. The van der Waals surface area contributed by atoms with Gasteiger partial charge in [0.05, 0.1) is 10.5 Å². The highest BCUT2D eigenvalue weighted by Crippen LogP contribution is 2.25. The Morgan fingerprint density at radius 2 is 2.00 bits per heavy atom. The van der Waals surface area contributed by atoms with Crippen molar-refractivity contribution in [2.24, 2.45) is 0 Å². The van der Waals surface area contributed by atoms with Crippen molar-refractivity contribution in [3.8, 4) is 0 Å². The first kappa shape index (κ1) is 18.1. The molecule has 0 radical (unpaired) electrons. The average molecular weight is 348 g/mol. The van der Waals surface area contributed by atoms with E-state index in [0.717, 1.165) is 11.1 Å². The molecule has 7 heteroatoms. The summed E-state index contributed by atoms with van der Waals surface area (Å²) in [6.07, 6.45) is 3.25. The lowest BCUT2D eigenvalue weighted by molar-refractivity contribution is 0.0696. The van der Waals surface area contributed by atoms with Gasteiger partial charge in [-0.15, -0.1) is 0 Å². The summed E-state index contributed by atoms with van der Waals surface area (Å²) >= 11 is 0. The van der Waals surface area contributed by atoms with Gasteiger partial charge in [-0.1, -0.05) is 19.9 Å². The van der Waals surface area contributed by atoms with Gasteiger partial charge in [0.25, 0.3) is 0 Å². The molecule has 128 valence electrons. The van der Waals surface area contributed by atoms with Crippen LogP contribution in [-0.2, 0) is 16.6 Å². The average Bonchev–Trinajstić information content (AvgIpc) is 2.53. The van der Waals surface area contributed by atoms with Crippen LogP contribution < -0.4 is 4.72 Å². The summed E-state index contributed by atoms with van der Waals surface area (Å²) in [5, 5.41) is 9.13. The predicted molar refractivity (Wildman–Crippen MR) is 90.5 cm³/mol. The van der Waals surface area contributed by atoms with Crippen molar-refractivity contribution in [2.75, 3.05) is 0 Å². The van der Waals surface area contributed by atoms with Crippen LogP contribution in [0.25, 0.3) is 0 Å². The Balaban J connectivity index is 2.39. The van der Waals surface area contributed by atoms with E-state index < -0.39 is 16.0 Å². The minimum atomic E-state index is -3.85. The highest BCUT2D eigenvalue weighted by Gasteiger charge is 2.22. The fraction of sp³-hybridized carbons (Fsp3) is 0.294. The molecule has 0 atom stereocenters. The van der Waals surface area contributed by atoms with Gasteiger partial charge in [-0.25, -0.2) is 17.9 Å². The van der Waals surface area contributed by atoms with Gasteiger partial charge in [-0.3, -0.25) is 4.98 Å². The van der Waals surface area contributed by atoms with E-state index in [4.69, 9.17) is 5.11 Å². The van der Waals surface area contributed by atoms with E-state index in [1.165, 1.54) is 12.1 Å². The number of hydrogen-bond acceptors (Lipinski definition) is 4. The van der Waals surface area contributed by atoms with E-state index in [0.29, 0.717) is 5.56 Å². The quantitative estimate of drug-likeness (QED) is 0.836. The van der Waals surface area contributed by atoms with E-state index in [1.54, 1.807) is 24.5 Å². The Morgan fingerprint density at radius 1 is 1.29 bits per heavy atom. The number of rotatable bonds is 6.